The molecular formula is C28H56O5. The highest BCUT2D eigenvalue weighted by Crippen LogP contribution is 2.18. The van der Waals surface area contributed by atoms with Crippen LogP contribution in [-0.2, 0) is 4.79 Å². The second-order valence-corrected chi connectivity index (χ2v) is 9.47. The second kappa shape index (κ2) is 27.3. The molecule has 0 saturated carbocycles. The van der Waals surface area contributed by atoms with Crippen molar-refractivity contribution in [3.63, 3.8) is 0 Å². The molecule has 0 amide bonds. The molecule has 0 aromatic carbocycles. The Balaban J connectivity index is 0. The van der Waals surface area contributed by atoms with Gasteiger partial charge in [0.25, 0.3) is 0 Å². The SMILES string of the molecule is CCC(CO)(CO)CO.CCCCCCCCC=CCCCCCCCCCCCC(=O)O. The van der Waals surface area contributed by atoms with Crippen LogP contribution in [0.3, 0.4) is 0 Å². The van der Waals surface area contributed by atoms with E-state index in [0.717, 1.165) is 12.8 Å². The first-order valence-corrected chi connectivity index (χ1v) is 13.7. The number of rotatable bonds is 23. The van der Waals surface area contributed by atoms with Gasteiger partial charge in [0.05, 0.1) is 19.8 Å². The van der Waals surface area contributed by atoms with Crippen LogP contribution in [0, 0.1) is 5.41 Å². The number of aliphatic hydroxyl groups is 3. The van der Waals surface area contributed by atoms with Crippen LogP contribution < -0.4 is 0 Å². The van der Waals surface area contributed by atoms with Crippen molar-refractivity contribution in [2.75, 3.05) is 19.8 Å². The Morgan fingerprint density at radius 1 is 0.606 bits per heavy atom. The number of carbonyl (C=O) groups is 1. The van der Waals surface area contributed by atoms with Crippen LogP contribution in [0.4, 0.5) is 0 Å². The minimum atomic E-state index is -0.667. The molecule has 0 unspecified atom stereocenters. The van der Waals surface area contributed by atoms with E-state index in [-0.39, 0.29) is 19.8 Å². The Bertz CT molecular complexity index is 401. The highest BCUT2D eigenvalue weighted by atomic mass is 16.4. The lowest BCUT2D eigenvalue weighted by Crippen LogP contribution is -2.32. The Morgan fingerprint density at radius 3 is 1.27 bits per heavy atom. The van der Waals surface area contributed by atoms with E-state index >= 15 is 0 Å². The van der Waals surface area contributed by atoms with Crippen molar-refractivity contribution in [2.45, 2.75) is 136 Å². The molecule has 5 nitrogen and oxygen atoms in total. The van der Waals surface area contributed by atoms with Crippen LogP contribution in [0.25, 0.3) is 0 Å². The molecule has 0 saturated heterocycles. The third kappa shape index (κ3) is 25.5. The number of carboxylic acids is 1. The summed E-state index contributed by atoms with van der Waals surface area (Å²) < 4.78 is 0. The Morgan fingerprint density at radius 2 is 0.970 bits per heavy atom. The zero-order chi connectivity index (χ0) is 25.0. The van der Waals surface area contributed by atoms with Crippen LogP contribution in [0.2, 0.25) is 0 Å². The summed E-state index contributed by atoms with van der Waals surface area (Å²) in [6, 6.07) is 0. The van der Waals surface area contributed by atoms with E-state index < -0.39 is 11.4 Å². The molecule has 0 aromatic heterocycles. The maximum Gasteiger partial charge on any atom is 0.303 e. The molecular weight excluding hydrogens is 416 g/mol. The van der Waals surface area contributed by atoms with Gasteiger partial charge in [-0.1, -0.05) is 103 Å². The van der Waals surface area contributed by atoms with Crippen LogP contribution in [-0.4, -0.2) is 46.2 Å². The first kappa shape index (κ1) is 34.3. The summed E-state index contributed by atoms with van der Waals surface area (Å²) in [6.07, 6.45) is 27.7. The molecule has 0 atom stereocenters. The number of unbranched alkanes of at least 4 members (excludes halogenated alkanes) is 15. The monoisotopic (exact) mass is 472 g/mol. The summed E-state index contributed by atoms with van der Waals surface area (Å²) in [4.78, 5) is 10.4. The normalized spacial score (nSPS) is 11.5. The van der Waals surface area contributed by atoms with Gasteiger partial charge in [-0.15, -0.1) is 0 Å². The van der Waals surface area contributed by atoms with Gasteiger partial charge in [-0.25, -0.2) is 0 Å². The lowest BCUT2D eigenvalue weighted by Gasteiger charge is -2.24. The van der Waals surface area contributed by atoms with Crippen LogP contribution in [0.1, 0.15) is 136 Å². The summed E-state index contributed by atoms with van der Waals surface area (Å²) >= 11 is 0. The first-order valence-electron chi connectivity index (χ1n) is 13.7. The predicted octanol–water partition coefficient (Wildman–Crippen LogP) is 7.03. The van der Waals surface area contributed by atoms with Crippen molar-refractivity contribution in [3.8, 4) is 0 Å². The summed E-state index contributed by atoms with van der Waals surface area (Å²) in [6.45, 7) is 3.63. The first-order chi connectivity index (χ1) is 16.0. The molecule has 198 valence electrons. The summed E-state index contributed by atoms with van der Waals surface area (Å²) in [5.41, 5.74) is -0.667. The topological polar surface area (TPSA) is 98.0 Å². The van der Waals surface area contributed by atoms with Gasteiger partial charge in [0.1, 0.15) is 0 Å². The Kier molecular flexibility index (Phi) is 28.4. The molecule has 0 radical (unpaired) electrons. The fraction of sp³-hybridized carbons (Fsp3) is 0.893. The Hall–Kier alpha value is -0.910. The molecule has 0 rings (SSSR count). The molecule has 0 aliphatic rings. The smallest absolute Gasteiger partial charge is 0.303 e. The molecule has 5 heteroatoms. The molecule has 33 heavy (non-hydrogen) atoms. The lowest BCUT2D eigenvalue weighted by atomic mass is 9.88. The Labute approximate surface area is 204 Å². The fourth-order valence-corrected chi connectivity index (χ4v) is 3.54. The molecule has 0 fully saturated rings. The largest absolute Gasteiger partial charge is 0.481 e. The van der Waals surface area contributed by atoms with Crippen LogP contribution in [0.15, 0.2) is 12.2 Å². The number of aliphatic hydroxyl groups excluding tert-OH is 3. The van der Waals surface area contributed by atoms with Crippen molar-refractivity contribution >= 4 is 5.97 Å². The quantitative estimate of drug-likeness (QED) is 0.0945. The van der Waals surface area contributed by atoms with Crippen molar-refractivity contribution < 1.29 is 25.2 Å². The number of carboxylic acid groups (broad SMARTS) is 1. The van der Waals surface area contributed by atoms with Gasteiger partial charge in [-0.05, 0) is 38.5 Å². The van der Waals surface area contributed by atoms with Gasteiger partial charge >= 0.3 is 5.97 Å². The molecule has 0 aliphatic carbocycles. The van der Waals surface area contributed by atoms with E-state index in [2.05, 4.69) is 19.1 Å². The summed E-state index contributed by atoms with van der Waals surface area (Å²) in [5, 5.41) is 34.5. The minimum Gasteiger partial charge on any atom is -0.481 e. The maximum absolute atomic E-state index is 10.4. The molecule has 0 aromatic rings. The third-order valence-corrected chi connectivity index (χ3v) is 6.41. The summed E-state index contributed by atoms with van der Waals surface area (Å²) in [5.74, 6) is -0.656. The molecule has 4 N–H and O–H groups in total. The van der Waals surface area contributed by atoms with Gasteiger partial charge < -0.3 is 20.4 Å². The van der Waals surface area contributed by atoms with Crippen molar-refractivity contribution in [2.24, 2.45) is 5.41 Å². The van der Waals surface area contributed by atoms with Crippen LogP contribution in [0.5, 0.6) is 0 Å². The standard InChI is InChI=1S/C22H42O2.C6H14O3/c1-2-3-4-5-6-7-8-9-10-11-12-13-14-15-16-17-18-19-20-21-22(23)24;1-2-6(3-7,4-8)5-9/h9-10H,2-8,11-21H2,1H3,(H,23,24);7-9H,2-5H2,1H3. The number of aliphatic carboxylic acids is 1. The lowest BCUT2D eigenvalue weighted by molar-refractivity contribution is -0.137. The van der Waals surface area contributed by atoms with E-state index in [1.54, 1.807) is 0 Å². The number of allylic oxidation sites excluding steroid dienone is 2. The van der Waals surface area contributed by atoms with E-state index in [9.17, 15) is 4.79 Å². The average Bonchev–Trinajstić information content (AvgIpc) is 2.82. The average molecular weight is 473 g/mol. The highest BCUT2D eigenvalue weighted by molar-refractivity contribution is 5.66. The number of hydrogen-bond acceptors (Lipinski definition) is 4. The van der Waals surface area contributed by atoms with Gasteiger partial charge in [-0.2, -0.15) is 0 Å². The van der Waals surface area contributed by atoms with Gasteiger partial charge in [-0.3, -0.25) is 4.79 Å². The van der Waals surface area contributed by atoms with Gasteiger partial charge in [0, 0.05) is 11.8 Å². The second-order valence-electron chi connectivity index (χ2n) is 9.47. The van der Waals surface area contributed by atoms with Crippen LogP contribution >= 0.6 is 0 Å². The van der Waals surface area contributed by atoms with Crippen molar-refractivity contribution in [3.05, 3.63) is 12.2 Å². The zero-order valence-corrected chi connectivity index (χ0v) is 21.9. The highest BCUT2D eigenvalue weighted by Gasteiger charge is 2.24. The maximum atomic E-state index is 10.4. The van der Waals surface area contributed by atoms with Gasteiger partial charge in [0.15, 0.2) is 0 Å². The van der Waals surface area contributed by atoms with E-state index in [4.69, 9.17) is 20.4 Å². The van der Waals surface area contributed by atoms with E-state index in [1.165, 1.54) is 96.3 Å². The fourth-order valence-electron chi connectivity index (χ4n) is 3.54. The molecule has 0 aliphatic heterocycles. The van der Waals surface area contributed by atoms with Crippen molar-refractivity contribution in [1.82, 2.24) is 0 Å². The molecule has 0 spiro atoms. The minimum absolute atomic E-state index is 0.156. The van der Waals surface area contributed by atoms with Crippen molar-refractivity contribution in [1.29, 1.82) is 0 Å². The number of hydrogen-bond donors (Lipinski definition) is 4. The zero-order valence-electron chi connectivity index (χ0n) is 21.9. The predicted molar refractivity (Wildman–Crippen MR) is 140 cm³/mol. The van der Waals surface area contributed by atoms with E-state index in [0.29, 0.717) is 12.8 Å². The molecule has 0 bridgehead atoms. The summed E-state index contributed by atoms with van der Waals surface area (Å²) in [7, 11) is 0. The third-order valence-electron chi connectivity index (χ3n) is 6.41. The van der Waals surface area contributed by atoms with Gasteiger partial charge in [0.2, 0.25) is 0 Å². The van der Waals surface area contributed by atoms with E-state index in [1.807, 2.05) is 6.92 Å². The molecule has 0 heterocycles.